The average Bonchev–Trinajstić information content (AvgIpc) is 2.94. The van der Waals surface area contributed by atoms with Gasteiger partial charge in [0.1, 0.15) is 0 Å². The van der Waals surface area contributed by atoms with Gasteiger partial charge in [0.15, 0.2) is 17.3 Å². The van der Waals surface area contributed by atoms with Crippen LogP contribution in [-0.4, -0.2) is 22.5 Å². The Labute approximate surface area is 132 Å². The second kappa shape index (κ2) is 5.99. The highest BCUT2D eigenvalue weighted by Gasteiger charge is 2.18. The van der Waals surface area contributed by atoms with E-state index in [0.29, 0.717) is 22.0 Å². The lowest BCUT2D eigenvalue weighted by atomic mass is 10.1. The normalized spacial score (nSPS) is 14.0. The van der Waals surface area contributed by atoms with Gasteiger partial charge in [0, 0.05) is 10.0 Å². The van der Waals surface area contributed by atoms with E-state index < -0.39 is 10.8 Å². The SMILES string of the molecule is O=C(CS(=O)c1ccccc1Br)c1ccc2c(c1)OCO2. The highest BCUT2D eigenvalue weighted by molar-refractivity contribution is 9.10. The molecule has 1 aliphatic rings. The predicted molar refractivity (Wildman–Crippen MR) is 82.3 cm³/mol. The summed E-state index contributed by atoms with van der Waals surface area (Å²) >= 11 is 3.34. The summed E-state index contributed by atoms with van der Waals surface area (Å²) in [6, 6.07) is 12.2. The number of halogens is 1. The van der Waals surface area contributed by atoms with Crippen LogP contribution in [0, 0.1) is 0 Å². The molecule has 0 bridgehead atoms. The van der Waals surface area contributed by atoms with Gasteiger partial charge in [-0.2, -0.15) is 0 Å². The molecule has 2 aromatic rings. The van der Waals surface area contributed by atoms with Gasteiger partial charge in [-0.05, 0) is 46.3 Å². The average molecular weight is 367 g/mol. The van der Waals surface area contributed by atoms with E-state index in [4.69, 9.17) is 9.47 Å². The summed E-state index contributed by atoms with van der Waals surface area (Å²) in [6.07, 6.45) is 0. The fourth-order valence-electron chi connectivity index (χ4n) is 1.98. The summed E-state index contributed by atoms with van der Waals surface area (Å²) in [6.45, 7) is 0.163. The predicted octanol–water partition coefficient (Wildman–Crippen LogP) is 3.17. The van der Waals surface area contributed by atoms with Gasteiger partial charge in [-0.3, -0.25) is 9.00 Å². The lowest BCUT2D eigenvalue weighted by molar-refractivity contribution is 0.102. The second-order valence-corrected chi connectivity index (χ2v) is 6.69. The lowest BCUT2D eigenvalue weighted by Crippen LogP contribution is -2.11. The summed E-state index contributed by atoms with van der Waals surface area (Å²) in [5.41, 5.74) is 0.472. The summed E-state index contributed by atoms with van der Waals surface area (Å²) in [7, 11) is -1.39. The van der Waals surface area contributed by atoms with Crippen molar-refractivity contribution in [2.75, 3.05) is 12.5 Å². The van der Waals surface area contributed by atoms with Crippen molar-refractivity contribution in [3.05, 3.63) is 52.5 Å². The minimum absolute atomic E-state index is 0.0672. The van der Waals surface area contributed by atoms with Crippen LogP contribution in [0.3, 0.4) is 0 Å². The van der Waals surface area contributed by atoms with Crippen molar-refractivity contribution in [1.29, 1.82) is 0 Å². The summed E-state index contributed by atoms with van der Waals surface area (Å²) < 4.78 is 23.5. The van der Waals surface area contributed by atoms with E-state index in [0.717, 1.165) is 4.47 Å². The van der Waals surface area contributed by atoms with Gasteiger partial charge in [0.05, 0.1) is 21.4 Å². The molecule has 0 aliphatic carbocycles. The molecule has 6 heteroatoms. The van der Waals surface area contributed by atoms with Crippen LogP contribution in [-0.2, 0) is 10.8 Å². The number of ketones is 1. The van der Waals surface area contributed by atoms with Crippen LogP contribution in [0.2, 0.25) is 0 Å². The quantitative estimate of drug-likeness (QED) is 0.779. The first-order chi connectivity index (χ1) is 10.1. The molecule has 108 valence electrons. The molecule has 3 rings (SSSR count). The van der Waals surface area contributed by atoms with Gasteiger partial charge in [-0.1, -0.05) is 12.1 Å². The van der Waals surface area contributed by atoms with Crippen LogP contribution in [0.5, 0.6) is 11.5 Å². The first-order valence-electron chi connectivity index (χ1n) is 6.21. The second-order valence-electron chi connectivity index (χ2n) is 4.41. The third kappa shape index (κ3) is 3.01. The maximum atomic E-state index is 12.3. The Morgan fingerprint density at radius 2 is 1.90 bits per heavy atom. The molecular formula is C15H11BrO4S. The van der Waals surface area contributed by atoms with Gasteiger partial charge in [-0.25, -0.2) is 0 Å². The Morgan fingerprint density at radius 1 is 1.14 bits per heavy atom. The first-order valence-corrected chi connectivity index (χ1v) is 8.32. The van der Waals surface area contributed by atoms with Crippen LogP contribution in [0.25, 0.3) is 0 Å². The Kier molecular flexibility index (Phi) is 4.07. The van der Waals surface area contributed by atoms with E-state index >= 15 is 0 Å². The molecule has 1 atom stereocenters. The van der Waals surface area contributed by atoms with Gasteiger partial charge >= 0.3 is 0 Å². The standard InChI is InChI=1S/C15H11BrO4S/c16-11-3-1-2-4-15(11)21(18)8-12(17)10-5-6-13-14(7-10)20-9-19-13/h1-7H,8-9H2. The first kappa shape index (κ1) is 14.3. The van der Waals surface area contributed by atoms with Crippen LogP contribution in [0.1, 0.15) is 10.4 Å². The largest absolute Gasteiger partial charge is 0.454 e. The lowest BCUT2D eigenvalue weighted by Gasteiger charge is -2.05. The number of fused-ring (bicyclic) bond motifs is 1. The number of benzene rings is 2. The number of carbonyl (C=O) groups excluding carboxylic acids is 1. The third-order valence-electron chi connectivity index (χ3n) is 3.04. The van der Waals surface area contributed by atoms with Crippen LogP contribution in [0.15, 0.2) is 51.8 Å². The maximum Gasteiger partial charge on any atom is 0.231 e. The molecule has 1 unspecified atom stereocenters. The van der Waals surface area contributed by atoms with E-state index in [-0.39, 0.29) is 18.3 Å². The minimum atomic E-state index is -1.39. The zero-order chi connectivity index (χ0) is 14.8. The molecule has 21 heavy (non-hydrogen) atoms. The van der Waals surface area contributed by atoms with Gasteiger partial charge in [-0.15, -0.1) is 0 Å². The van der Waals surface area contributed by atoms with Crippen molar-refractivity contribution >= 4 is 32.5 Å². The molecule has 0 saturated heterocycles. The number of Topliss-reactive ketones (excluding diaryl/α,β-unsaturated/α-hetero) is 1. The van der Waals surface area contributed by atoms with E-state index in [9.17, 15) is 9.00 Å². The summed E-state index contributed by atoms with van der Waals surface area (Å²) in [5, 5.41) is 0. The fourth-order valence-corrected chi connectivity index (χ4v) is 3.88. The Bertz CT molecular complexity index is 729. The monoisotopic (exact) mass is 366 g/mol. The summed E-state index contributed by atoms with van der Waals surface area (Å²) in [5.74, 6) is 0.913. The van der Waals surface area contributed by atoms with Crippen molar-refractivity contribution in [2.24, 2.45) is 0 Å². The van der Waals surface area contributed by atoms with Gasteiger partial charge in [0.2, 0.25) is 6.79 Å². The highest BCUT2D eigenvalue weighted by Crippen LogP contribution is 2.32. The fraction of sp³-hybridized carbons (Fsp3) is 0.133. The Balaban J connectivity index is 1.77. The molecule has 0 aromatic heterocycles. The molecule has 0 radical (unpaired) electrons. The van der Waals surface area contributed by atoms with Crippen molar-refractivity contribution in [3.63, 3.8) is 0 Å². The zero-order valence-corrected chi connectivity index (χ0v) is 13.3. The van der Waals surface area contributed by atoms with Crippen molar-refractivity contribution in [1.82, 2.24) is 0 Å². The molecule has 0 spiro atoms. The topological polar surface area (TPSA) is 52.6 Å². The Hall–Kier alpha value is -1.66. The smallest absolute Gasteiger partial charge is 0.231 e. The third-order valence-corrected chi connectivity index (χ3v) is 5.36. The molecule has 2 aromatic carbocycles. The Morgan fingerprint density at radius 3 is 2.71 bits per heavy atom. The molecular weight excluding hydrogens is 356 g/mol. The highest BCUT2D eigenvalue weighted by atomic mass is 79.9. The maximum absolute atomic E-state index is 12.3. The number of hydrogen-bond donors (Lipinski definition) is 0. The number of rotatable bonds is 4. The number of hydrogen-bond acceptors (Lipinski definition) is 4. The molecule has 0 N–H and O–H groups in total. The summed E-state index contributed by atoms with van der Waals surface area (Å²) in [4.78, 5) is 12.9. The van der Waals surface area contributed by atoms with Crippen LogP contribution >= 0.6 is 15.9 Å². The van der Waals surface area contributed by atoms with Crippen LogP contribution in [0.4, 0.5) is 0 Å². The van der Waals surface area contributed by atoms with E-state index in [2.05, 4.69) is 15.9 Å². The van der Waals surface area contributed by atoms with Gasteiger partial charge < -0.3 is 9.47 Å². The van der Waals surface area contributed by atoms with Crippen molar-refractivity contribution in [2.45, 2.75) is 4.90 Å². The van der Waals surface area contributed by atoms with E-state index in [1.807, 2.05) is 6.07 Å². The molecule has 0 amide bonds. The minimum Gasteiger partial charge on any atom is -0.454 e. The number of carbonyl (C=O) groups is 1. The van der Waals surface area contributed by atoms with Crippen molar-refractivity contribution in [3.8, 4) is 11.5 Å². The molecule has 4 nitrogen and oxygen atoms in total. The molecule has 0 fully saturated rings. The number of ether oxygens (including phenoxy) is 2. The van der Waals surface area contributed by atoms with E-state index in [1.54, 1.807) is 36.4 Å². The molecule has 1 heterocycles. The van der Waals surface area contributed by atoms with E-state index in [1.165, 1.54) is 0 Å². The molecule has 0 saturated carbocycles. The zero-order valence-electron chi connectivity index (χ0n) is 10.9. The molecule has 1 aliphatic heterocycles. The van der Waals surface area contributed by atoms with Crippen LogP contribution < -0.4 is 9.47 Å². The van der Waals surface area contributed by atoms with Crippen molar-refractivity contribution < 1.29 is 18.5 Å². The van der Waals surface area contributed by atoms with Gasteiger partial charge in [0.25, 0.3) is 0 Å².